The fourth-order valence-corrected chi connectivity index (χ4v) is 2.57. The maximum absolute atomic E-state index is 4.30. The molecule has 2 unspecified atom stereocenters. The van der Waals surface area contributed by atoms with Crippen molar-refractivity contribution in [2.24, 2.45) is 5.92 Å². The van der Waals surface area contributed by atoms with Crippen LogP contribution in [0.4, 0.5) is 0 Å². The van der Waals surface area contributed by atoms with Crippen molar-refractivity contribution in [1.29, 1.82) is 0 Å². The van der Waals surface area contributed by atoms with E-state index in [1.54, 1.807) is 12.4 Å². The van der Waals surface area contributed by atoms with Crippen molar-refractivity contribution in [1.82, 2.24) is 24.9 Å². The summed E-state index contributed by atoms with van der Waals surface area (Å²) in [5, 5.41) is 12.0. The molecule has 2 aromatic heterocycles. The van der Waals surface area contributed by atoms with E-state index < -0.39 is 0 Å². The van der Waals surface area contributed by atoms with Gasteiger partial charge < -0.3 is 5.32 Å². The molecule has 3 heterocycles. The normalized spacial score (nSPS) is 25.2. The van der Waals surface area contributed by atoms with Crippen molar-refractivity contribution in [2.45, 2.75) is 32.2 Å². The highest BCUT2D eigenvalue weighted by molar-refractivity contribution is 5.34. The molecule has 0 aliphatic carbocycles. The van der Waals surface area contributed by atoms with E-state index in [0.717, 1.165) is 30.4 Å². The average Bonchev–Trinajstić information content (AvgIpc) is 2.82. The molecule has 5 nitrogen and oxygen atoms in total. The zero-order chi connectivity index (χ0) is 11.7. The molecule has 3 rings (SSSR count). The van der Waals surface area contributed by atoms with Crippen molar-refractivity contribution in [3.05, 3.63) is 24.4 Å². The molecule has 2 atom stereocenters. The second-order valence-electron chi connectivity index (χ2n) is 4.67. The summed E-state index contributed by atoms with van der Waals surface area (Å²) in [5.74, 6) is 1.82. The van der Waals surface area contributed by atoms with Gasteiger partial charge in [0.2, 0.25) is 0 Å². The van der Waals surface area contributed by atoms with Crippen LogP contribution in [0.2, 0.25) is 0 Å². The highest BCUT2D eigenvalue weighted by atomic mass is 15.3. The Morgan fingerprint density at radius 2 is 2.41 bits per heavy atom. The number of nitrogens with zero attached hydrogens (tertiary/aromatic N) is 4. The number of piperidine rings is 1. The smallest absolute Gasteiger partial charge is 0.179 e. The highest BCUT2D eigenvalue weighted by Gasteiger charge is 2.25. The Morgan fingerprint density at radius 3 is 3.29 bits per heavy atom. The van der Waals surface area contributed by atoms with Crippen molar-refractivity contribution >= 4 is 5.65 Å². The third kappa shape index (κ3) is 1.91. The average molecular weight is 231 g/mol. The summed E-state index contributed by atoms with van der Waals surface area (Å²) >= 11 is 0. The molecule has 17 heavy (non-hydrogen) atoms. The molecule has 1 saturated heterocycles. The molecule has 1 N–H and O–H groups in total. The molecule has 0 aromatic carbocycles. The number of fused-ring (bicyclic) bond motifs is 1. The number of hydrogen-bond donors (Lipinski definition) is 1. The van der Waals surface area contributed by atoms with E-state index >= 15 is 0 Å². The van der Waals surface area contributed by atoms with E-state index in [1.807, 2.05) is 10.6 Å². The Balaban J connectivity index is 1.92. The van der Waals surface area contributed by atoms with Crippen LogP contribution in [-0.4, -0.2) is 26.1 Å². The number of nitrogens with one attached hydrogen (secondary N) is 1. The molecule has 0 radical (unpaired) electrons. The van der Waals surface area contributed by atoms with Gasteiger partial charge in [-0.15, -0.1) is 10.2 Å². The van der Waals surface area contributed by atoms with Gasteiger partial charge in [0.1, 0.15) is 0 Å². The molecule has 1 aliphatic rings. The molecule has 0 spiro atoms. The molecule has 0 saturated carbocycles. The minimum atomic E-state index is 0.325. The summed E-state index contributed by atoms with van der Waals surface area (Å²) in [7, 11) is 0. The van der Waals surface area contributed by atoms with Gasteiger partial charge in [0, 0.05) is 12.4 Å². The number of rotatable bonds is 2. The van der Waals surface area contributed by atoms with E-state index in [2.05, 4.69) is 27.4 Å². The highest BCUT2D eigenvalue weighted by Crippen LogP contribution is 2.28. The third-order valence-corrected chi connectivity index (χ3v) is 3.64. The van der Waals surface area contributed by atoms with Crippen molar-refractivity contribution in [2.75, 3.05) is 6.54 Å². The lowest BCUT2D eigenvalue weighted by Crippen LogP contribution is -2.32. The minimum absolute atomic E-state index is 0.325. The summed E-state index contributed by atoms with van der Waals surface area (Å²) < 4.78 is 2.03. The predicted octanol–water partition coefficient (Wildman–Crippen LogP) is 1.57. The lowest BCUT2D eigenvalue weighted by molar-refractivity contribution is 0.290. The molecule has 0 amide bonds. The lowest BCUT2D eigenvalue weighted by Gasteiger charge is -2.28. The van der Waals surface area contributed by atoms with Gasteiger partial charge in [-0.2, -0.15) is 0 Å². The summed E-state index contributed by atoms with van der Waals surface area (Å²) in [5.41, 5.74) is 0.822. The van der Waals surface area contributed by atoms with E-state index in [-0.39, 0.29) is 0 Å². The van der Waals surface area contributed by atoms with Crippen LogP contribution in [0.1, 0.15) is 38.1 Å². The number of aromatic nitrogens is 4. The van der Waals surface area contributed by atoms with Gasteiger partial charge in [-0.05, 0) is 25.3 Å². The maximum atomic E-state index is 4.30. The topological polar surface area (TPSA) is 55.1 Å². The predicted molar refractivity (Wildman–Crippen MR) is 64.5 cm³/mol. The van der Waals surface area contributed by atoms with Crippen LogP contribution in [0.25, 0.3) is 5.65 Å². The lowest BCUT2D eigenvalue weighted by atomic mass is 9.90. The van der Waals surface area contributed by atoms with Gasteiger partial charge in [-0.1, -0.05) is 13.3 Å². The standard InChI is InChI=1S/C12H17N5/c1-2-9-3-4-14-10(7-9)12-16-15-11-8-13-5-6-17(11)12/h5-6,8-10,14H,2-4,7H2,1H3. The van der Waals surface area contributed by atoms with Gasteiger partial charge in [0.25, 0.3) is 0 Å². The Bertz CT molecular complexity index is 506. The van der Waals surface area contributed by atoms with E-state index in [4.69, 9.17) is 0 Å². The molecule has 1 aliphatic heterocycles. The van der Waals surface area contributed by atoms with Crippen LogP contribution >= 0.6 is 0 Å². The molecular formula is C12H17N5. The molecule has 90 valence electrons. The first-order chi connectivity index (χ1) is 8.38. The summed E-state index contributed by atoms with van der Waals surface area (Å²) in [6.45, 7) is 3.34. The van der Waals surface area contributed by atoms with E-state index in [9.17, 15) is 0 Å². The Hall–Kier alpha value is -1.49. The molecule has 1 fully saturated rings. The first-order valence-corrected chi connectivity index (χ1v) is 6.26. The van der Waals surface area contributed by atoms with Crippen LogP contribution in [-0.2, 0) is 0 Å². The monoisotopic (exact) mass is 231 g/mol. The van der Waals surface area contributed by atoms with Gasteiger partial charge in [-0.3, -0.25) is 9.38 Å². The molecule has 5 heteroatoms. The van der Waals surface area contributed by atoms with Gasteiger partial charge in [-0.25, -0.2) is 0 Å². The fourth-order valence-electron chi connectivity index (χ4n) is 2.57. The van der Waals surface area contributed by atoms with Gasteiger partial charge >= 0.3 is 0 Å². The minimum Gasteiger partial charge on any atom is -0.307 e. The largest absolute Gasteiger partial charge is 0.307 e. The SMILES string of the molecule is CCC1CCNC(c2nnc3cnccn23)C1. The molecule has 2 aromatic rings. The molecule has 0 bridgehead atoms. The summed E-state index contributed by atoms with van der Waals surface area (Å²) in [6, 6.07) is 0.325. The van der Waals surface area contributed by atoms with Crippen LogP contribution < -0.4 is 5.32 Å². The van der Waals surface area contributed by atoms with Crippen LogP contribution in [0.5, 0.6) is 0 Å². The van der Waals surface area contributed by atoms with Gasteiger partial charge in [0.05, 0.1) is 12.2 Å². The van der Waals surface area contributed by atoms with Crippen molar-refractivity contribution < 1.29 is 0 Å². The zero-order valence-electron chi connectivity index (χ0n) is 10.0. The first kappa shape index (κ1) is 10.7. The Morgan fingerprint density at radius 1 is 1.47 bits per heavy atom. The number of hydrogen-bond acceptors (Lipinski definition) is 4. The zero-order valence-corrected chi connectivity index (χ0v) is 10.0. The Kier molecular flexibility index (Phi) is 2.76. The second-order valence-corrected chi connectivity index (χ2v) is 4.67. The Labute approximate surface area is 100 Å². The van der Waals surface area contributed by atoms with Crippen molar-refractivity contribution in [3.63, 3.8) is 0 Å². The maximum Gasteiger partial charge on any atom is 0.179 e. The summed E-state index contributed by atoms with van der Waals surface area (Å²) in [6.07, 6.45) is 9.12. The van der Waals surface area contributed by atoms with E-state index in [1.165, 1.54) is 12.8 Å². The quantitative estimate of drug-likeness (QED) is 0.852. The first-order valence-electron chi connectivity index (χ1n) is 6.26. The second kappa shape index (κ2) is 4.41. The molecular weight excluding hydrogens is 214 g/mol. The van der Waals surface area contributed by atoms with Crippen molar-refractivity contribution in [3.8, 4) is 0 Å². The van der Waals surface area contributed by atoms with Crippen LogP contribution in [0.3, 0.4) is 0 Å². The third-order valence-electron chi connectivity index (χ3n) is 3.64. The van der Waals surface area contributed by atoms with E-state index in [0.29, 0.717) is 6.04 Å². The van der Waals surface area contributed by atoms with Gasteiger partial charge in [0.15, 0.2) is 11.5 Å². The summed E-state index contributed by atoms with van der Waals surface area (Å²) in [4.78, 5) is 4.06. The fraction of sp³-hybridized carbons (Fsp3) is 0.583. The van der Waals surface area contributed by atoms with Crippen LogP contribution in [0, 0.1) is 5.92 Å². The van der Waals surface area contributed by atoms with Crippen LogP contribution in [0.15, 0.2) is 18.6 Å².